The van der Waals surface area contributed by atoms with Gasteiger partial charge in [-0.25, -0.2) is 9.97 Å². The zero-order valence-electron chi connectivity index (χ0n) is 9.84. The van der Waals surface area contributed by atoms with Gasteiger partial charge in [0.1, 0.15) is 0 Å². The number of nitrogens with two attached hydrogens (primary N) is 1. The summed E-state index contributed by atoms with van der Waals surface area (Å²) < 4.78 is 0. The first-order valence-corrected chi connectivity index (χ1v) is 6.50. The number of hydrogen-bond donors (Lipinski definition) is 1. The highest BCUT2D eigenvalue weighted by molar-refractivity contribution is 7.09. The summed E-state index contributed by atoms with van der Waals surface area (Å²) in [5.41, 5.74) is 6.46. The van der Waals surface area contributed by atoms with E-state index in [0.29, 0.717) is 6.54 Å². The summed E-state index contributed by atoms with van der Waals surface area (Å²) in [4.78, 5) is 12.2. The SMILES string of the molecule is CCN(Cc1cccs1)c1nccc(CN)n1. The normalized spacial score (nSPS) is 10.5. The van der Waals surface area contributed by atoms with Gasteiger partial charge in [0.25, 0.3) is 0 Å². The number of rotatable bonds is 5. The molecule has 0 radical (unpaired) electrons. The summed E-state index contributed by atoms with van der Waals surface area (Å²) in [7, 11) is 0. The highest BCUT2D eigenvalue weighted by Crippen LogP contribution is 2.15. The molecule has 4 nitrogen and oxygen atoms in total. The predicted octanol–water partition coefficient (Wildman–Crippen LogP) is 2.02. The zero-order chi connectivity index (χ0) is 12.1. The zero-order valence-corrected chi connectivity index (χ0v) is 10.7. The van der Waals surface area contributed by atoms with Gasteiger partial charge in [-0.15, -0.1) is 11.3 Å². The molecule has 5 heteroatoms. The van der Waals surface area contributed by atoms with Gasteiger partial charge in [0.15, 0.2) is 0 Å². The van der Waals surface area contributed by atoms with Crippen molar-refractivity contribution in [2.75, 3.05) is 11.4 Å². The van der Waals surface area contributed by atoms with Crippen LogP contribution < -0.4 is 10.6 Å². The Hall–Kier alpha value is -1.46. The third-order valence-electron chi connectivity index (χ3n) is 2.50. The molecule has 0 aliphatic heterocycles. The highest BCUT2D eigenvalue weighted by atomic mass is 32.1. The van der Waals surface area contributed by atoms with Crippen molar-refractivity contribution >= 4 is 17.3 Å². The standard InChI is InChI=1S/C12H16N4S/c1-2-16(9-11-4-3-7-17-11)12-14-6-5-10(8-13)15-12/h3-7H,2,8-9,13H2,1H3. The van der Waals surface area contributed by atoms with E-state index in [1.807, 2.05) is 6.07 Å². The number of thiophene rings is 1. The van der Waals surface area contributed by atoms with Crippen LogP contribution in [0.2, 0.25) is 0 Å². The number of aromatic nitrogens is 2. The van der Waals surface area contributed by atoms with Gasteiger partial charge in [0.2, 0.25) is 5.95 Å². The van der Waals surface area contributed by atoms with Crippen molar-refractivity contribution in [3.63, 3.8) is 0 Å². The Morgan fingerprint density at radius 1 is 1.41 bits per heavy atom. The molecule has 2 rings (SSSR count). The van der Waals surface area contributed by atoms with Gasteiger partial charge in [-0.05, 0) is 24.4 Å². The largest absolute Gasteiger partial charge is 0.336 e. The fourth-order valence-corrected chi connectivity index (χ4v) is 2.28. The summed E-state index contributed by atoms with van der Waals surface area (Å²) in [5, 5.41) is 2.08. The minimum absolute atomic E-state index is 0.450. The molecule has 0 unspecified atom stereocenters. The van der Waals surface area contributed by atoms with E-state index in [-0.39, 0.29) is 0 Å². The predicted molar refractivity (Wildman–Crippen MR) is 71.0 cm³/mol. The Morgan fingerprint density at radius 3 is 2.94 bits per heavy atom. The minimum atomic E-state index is 0.450. The summed E-state index contributed by atoms with van der Waals surface area (Å²) in [6.07, 6.45) is 1.77. The van der Waals surface area contributed by atoms with Gasteiger partial charge < -0.3 is 10.6 Å². The number of hydrogen-bond acceptors (Lipinski definition) is 5. The first-order chi connectivity index (χ1) is 8.33. The molecule has 2 N–H and O–H groups in total. The summed E-state index contributed by atoms with van der Waals surface area (Å²) in [5.74, 6) is 0.754. The van der Waals surface area contributed by atoms with Crippen LogP contribution in [0.15, 0.2) is 29.8 Å². The van der Waals surface area contributed by atoms with Crippen molar-refractivity contribution in [2.24, 2.45) is 5.73 Å². The van der Waals surface area contributed by atoms with Gasteiger partial charge in [-0.3, -0.25) is 0 Å². The summed E-state index contributed by atoms with van der Waals surface area (Å²) in [6.45, 7) is 4.28. The lowest BCUT2D eigenvalue weighted by Gasteiger charge is -2.20. The van der Waals surface area contributed by atoms with E-state index < -0.39 is 0 Å². The average molecular weight is 248 g/mol. The molecule has 0 saturated heterocycles. The Bertz CT molecular complexity index is 455. The van der Waals surface area contributed by atoms with Crippen LogP contribution in [0.25, 0.3) is 0 Å². The maximum Gasteiger partial charge on any atom is 0.225 e. The molecule has 0 spiro atoms. The monoisotopic (exact) mass is 248 g/mol. The lowest BCUT2D eigenvalue weighted by atomic mass is 10.4. The maximum absolute atomic E-state index is 5.59. The third-order valence-corrected chi connectivity index (χ3v) is 3.36. The van der Waals surface area contributed by atoms with Crippen LogP contribution in [-0.2, 0) is 13.1 Å². The molecule has 2 aromatic heterocycles. The van der Waals surface area contributed by atoms with Crippen molar-refractivity contribution < 1.29 is 0 Å². The molecular formula is C12H16N4S. The Kier molecular flexibility index (Phi) is 4.06. The molecule has 0 amide bonds. The Balaban J connectivity index is 2.16. The van der Waals surface area contributed by atoms with Crippen molar-refractivity contribution in [1.29, 1.82) is 0 Å². The summed E-state index contributed by atoms with van der Waals surface area (Å²) in [6, 6.07) is 6.04. The van der Waals surface area contributed by atoms with Crippen LogP contribution in [0.3, 0.4) is 0 Å². The summed E-state index contributed by atoms with van der Waals surface area (Å²) >= 11 is 1.75. The van der Waals surface area contributed by atoms with Crippen molar-refractivity contribution in [3.8, 4) is 0 Å². The van der Waals surface area contributed by atoms with E-state index in [1.165, 1.54) is 4.88 Å². The fourth-order valence-electron chi connectivity index (χ4n) is 1.57. The van der Waals surface area contributed by atoms with E-state index in [4.69, 9.17) is 5.73 Å². The molecule has 0 aliphatic carbocycles. The van der Waals surface area contributed by atoms with Crippen molar-refractivity contribution in [2.45, 2.75) is 20.0 Å². The van der Waals surface area contributed by atoms with E-state index in [9.17, 15) is 0 Å². The Labute approximate surface area is 105 Å². The molecule has 17 heavy (non-hydrogen) atoms. The van der Waals surface area contributed by atoms with Gasteiger partial charge in [0.05, 0.1) is 12.2 Å². The molecule has 0 aliphatic rings. The quantitative estimate of drug-likeness (QED) is 0.879. The molecular weight excluding hydrogens is 232 g/mol. The van der Waals surface area contributed by atoms with Crippen LogP contribution in [0, 0.1) is 0 Å². The third kappa shape index (κ3) is 3.01. The molecule has 0 aromatic carbocycles. The fraction of sp³-hybridized carbons (Fsp3) is 0.333. The van der Waals surface area contributed by atoms with Gasteiger partial charge in [0, 0.05) is 24.2 Å². The minimum Gasteiger partial charge on any atom is -0.336 e. The van der Waals surface area contributed by atoms with Gasteiger partial charge in [-0.1, -0.05) is 6.07 Å². The molecule has 0 fully saturated rings. The maximum atomic E-state index is 5.59. The molecule has 0 saturated carbocycles. The van der Waals surface area contributed by atoms with Gasteiger partial charge in [-0.2, -0.15) is 0 Å². The van der Waals surface area contributed by atoms with Gasteiger partial charge >= 0.3 is 0 Å². The lowest BCUT2D eigenvalue weighted by Crippen LogP contribution is -2.24. The molecule has 90 valence electrons. The smallest absolute Gasteiger partial charge is 0.225 e. The van der Waals surface area contributed by atoms with Crippen LogP contribution in [0.5, 0.6) is 0 Å². The lowest BCUT2D eigenvalue weighted by molar-refractivity contribution is 0.788. The molecule has 2 aromatic rings. The van der Waals surface area contributed by atoms with Crippen LogP contribution in [0.1, 0.15) is 17.5 Å². The Morgan fingerprint density at radius 2 is 2.29 bits per heavy atom. The molecule has 2 heterocycles. The average Bonchev–Trinajstić information content (AvgIpc) is 2.89. The first-order valence-electron chi connectivity index (χ1n) is 5.62. The van der Waals surface area contributed by atoms with Crippen molar-refractivity contribution in [3.05, 3.63) is 40.3 Å². The number of anilines is 1. The van der Waals surface area contributed by atoms with E-state index in [2.05, 4.69) is 39.3 Å². The second-order valence-electron chi connectivity index (χ2n) is 3.65. The van der Waals surface area contributed by atoms with Crippen LogP contribution in [-0.4, -0.2) is 16.5 Å². The highest BCUT2D eigenvalue weighted by Gasteiger charge is 2.09. The van der Waals surface area contributed by atoms with Crippen LogP contribution >= 0.6 is 11.3 Å². The number of nitrogens with zero attached hydrogens (tertiary/aromatic N) is 3. The second kappa shape index (κ2) is 5.75. The van der Waals surface area contributed by atoms with E-state index >= 15 is 0 Å². The molecule has 0 bridgehead atoms. The van der Waals surface area contributed by atoms with E-state index in [1.54, 1.807) is 17.5 Å². The van der Waals surface area contributed by atoms with E-state index in [0.717, 1.165) is 24.7 Å². The van der Waals surface area contributed by atoms with Crippen molar-refractivity contribution in [1.82, 2.24) is 9.97 Å². The first kappa shape index (κ1) is 12.0. The molecule has 0 atom stereocenters. The topological polar surface area (TPSA) is 55.0 Å². The second-order valence-corrected chi connectivity index (χ2v) is 4.68. The van der Waals surface area contributed by atoms with Crippen LogP contribution in [0.4, 0.5) is 5.95 Å².